The van der Waals surface area contributed by atoms with Crippen LogP contribution in [0.5, 0.6) is 0 Å². The van der Waals surface area contributed by atoms with Gasteiger partial charge in [0.1, 0.15) is 11.6 Å². The van der Waals surface area contributed by atoms with Crippen LogP contribution in [0, 0.1) is 25.6 Å². The van der Waals surface area contributed by atoms with Crippen LogP contribution in [0.4, 0.5) is 4.39 Å². The first-order valence-electron chi connectivity index (χ1n) is 12.0. The van der Waals surface area contributed by atoms with E-state index in [4.69, 9.17) is 4.98 Å². The fourth-order valence-electron chi connectivity index (χ4n) is 3.98. The maximum Gasteiger partial charge on any atom is 0.140 e. The first-order chi connectivity index (χ1) is 15.4. The van der Waals surface area contributed by atoms with Crippen LogP contribution in [0.3, 0.4) is 0 Å². The Balaban J connectivity index is 1.87. The van der Waals surface area contributed by atoms with E-state index in [0.717, 1.165) is 50.4 Å². The second kappa shape index (κ2) is 11.4. The van der Waals surface area contributed by atoms with Gasteiger partial charge in [0.2, 0.25) is 0 Å². The Bertz CT molecular complexity index is 988. The molecule has 172 valence electrons. The standard InChI is InChI=1S/C28H38FN3/c1-6-7-15-32-27(18-30-28(32)25-10-12-26(29)13-11-25)20-31(16-14-21(2)3)19-24-9-8-22(4)23(5)17-24/h8-13,17-18,21H,6-7,14-16,19-20H2,1-5H3. The van der Waals surface area contributed by atoms with Gasteiger partial charge in [-0.3, -0.25) is 4.90 Å². The lowest BCUT2D eigenvalue weighted by Gasteiger charge is -2.25. The van der Waals surface area contributed by atoms with Crippen molar-refractivity contribution in [2.75, 3.05) is 6.54 Å². The van der Waals surface area contributed by atoms with Gasteiger partial charge in [-0.1, -0.05) is 45.4 Å². The average Bonchev–Trinajstić information content (AvgIpc) is 3.15. The summed E-state index contributed by atoms with van der Waals surface area (Å²) in [7, 11) is 0. The quantitative estimate of drug-likeness (QED) is 0.319. The maximum absolute atomic E-state index is 13.5. The van der Waals surface area contributed by atoms with Gasteiger partial charge in [-0.05, 0) is 80.1 Å². The van der Waals surface area contributed by atoms with Crippen molar-refractivity contribution in [2.24, 2.45) is 5.92 Å². The van der Waals surface area contributed by atoms with Crippen molar-refractivity contribution in [1.82, 2.24) is 14.5 Å². The molecule has 0 saturated carbocycles. The van der Waals surface area contributed by atoms with Crippen molar-refractivity contribution < 1.29 is 4.39 Å². The number of halogens is 1. The third-order valence-corrected chi connectivity index (χ3v) is 6.16. The van der Waals surface area contributed by atoms with Gasteiger partial charge >= 0.3 is 0 Å². The summed E-state index contributed by atoms with van der Waals surface area (Å²) in [6, 6.07) is 13.5. The van der Waals surface area contributed by atoms with Crippen molar-refractivity contribution in [3.8, 4) is 11.4 Å². The van der Waals surface area contributed by atoms with Gasteiger partial charge in [0.15, 0.2) is 0 Å². The molecule has 2 aromatic carbocycles. The van der Waals surface area contributed by atoms with Gasteiger partial charge in [-0.2, -0.15) is 0 Å². The van der Waals surface area contributed by atoms with Gasteiger partial charge in [0.05, 0.1) is 11.9 Å². The molecule has 1 aromatic heterocycles. The minimum Gasteiger partial charge on any atom is -0.327 e. The van der Waals surface area contributed by atoms with Crippen LogP contribution in [-0.2, 0) is 19.6 Å². The summed E-state index contributed by atoms with van der Waals surface area (Å²) in [5, 5.41) is 0. The lowest BCUT2D eigenvalue weighted by Crippen LogP contribution is -2.26. The number of unbranched alkanes of at least 4 members (excludes halogenated alkanes) is 1. The summed E-state index contributed by atoms with van der Waals surface area (Å²) in [6.45, 7) is 14.9. The van der Waals surface area contributed by atoms with E-state index >= 15 is 0 Å². The van der Waals surface area contributed by atoms with Crippen molar-refractivity contribution >= 4 is 0 Å². The highest BCUT2D eigenvalue weighted by Crippen LogP contribution is 2.23. The Morgan fingerprint density at radius 3 is 2.41 bits per heavy atom. The number of nitrogens with zero attached hydrogens (tertiary/aromatic N) is 3. The molecule has 0 atom stereocenters. The molecule has 0 aliphatic heterocycles. The first-order valence-corrected chi connectivity index (χ1v) is 12.0. The van der Waals surface area contributed by atoms with Gasteiger partial charge in [0.25, 0.3) is 0 Å². The number of aryl methyl sites for hydroxylation is 2. The van der Waals surface area contributed by atoms with E-state index in [1.54, 1.807) is 0 Å². The molecule has 4 heteroatoms. The molecule has 0 amide bonds. The number of rotatable bonds is 11. The molecule has 0 saturated heterocycles. The molecule has 0 aliphatic rings. The molecule has 0 bridgehead atoms. The van der Waals surface area contributed by atoms with Crippen molar-refractivity contribution in [3.05, 3.63) is 76.9 Å². The van der Waals surface area contributed by atoms with E-state index in [1.165, 1.54) is 40.9 Å². The fraction of sp³-hybridized carbons (Fsp3) is 0.464. The zero-order valence-corrected chi connectivity index (χ0v) is 20.4. The zero-order chi connectivity index (χ0) is 23.1. The molecule has 32 heavy (non-hydrogen) atoms. The van der Waals surface area contributed by atoms with Gasteiger partial charge in [-0.25, -0.2) is 9.37 Å². The van der Waals surface area contributed by atoms with Gasteiger partial charge in [-0.15, -0.1) is 0 Å². The molecule has 0 radical (unpaired) electrons. The predicted octanol–water partition coefficient (Wildman–Crippen LogP) is 7.15. The number of imidazole rings is 1. The summed E-state index contributed by atoms with van der Waals surface area (Å²) in [5.74, 6) is 1.38. The maximum atomic E-state index is 13.5. The van der Waals surface area contributed by atoms with Crippen LogP contribution in [0.15, 0.2) is 48.7 Å². The van der Waals surface area contributed by atoms with Crippen LogP contribution < -0.4 is 0 Å². The number of benzene rings is 2. The van der Waals surface area contributed by atoms with Crippen molar-refractivity contribution in [2.45, 2.75) is 73.5 Å². The average molecular weight is 436 g/mol. The molecular weight excluding hydrogens is 397 g/mol. The van der Waals surface area contributed by atoms with E-state index in [-0.39, 0.29) is 5.82 Å². The SMILES string of the molecule is CCCCn1c(CN(CCC(C)C)Cc2ccc(C)c(C)c2)cnc1-c1ccc(F)cc1. The van der Waals surface area contributed by atoms with Crippen LogP contribution in [0.25, 0.3) is 11.4 Å². The summed E-state index contributed by atoms with van der Waals surface area (Å²) in [6.07, 6.45) is 5.40. The highest BCUT2D eigenvalue weighted by Gasteiger charge is 2.16. The van der Waals surface area contributed by atoms with Gasteiger partial charge < -0.3 is 4.57 Å². The molecule has 3 nitrogen and oxygen atoms in total. The minimum atomic E-state index is -0.214. The van der Waals surface area contributed by atoms with E-state index in [9.17, 15) is 4.39 Å². The molecule has 3 rings (SSSR count). The number of hydrogen-bond donors (Lipinski definition) is 0. The number of hydrogen-bond acceptors (Lipinski definition) is 2. The highest BCUT2D eigenvalue weighted by molar-refractivity contribution is 5.56. The molecule has 0 N–H and O–H groups in total. The summed E-state index contributed by atoms with van der Waals surface area (Å²) >= 11 is 0. The van der Waals surface area contributed by atoms with E-state index in [1.807, 2.05) is 18.3 Å². The predicted molar refractivity (Wildman–Crippen MR) is 132 cm³/mol. The Labute approximate surface area is 193 Å². The van der Waals surface area contributed by atoms with Crippen LogP contribution >= 0.6 is 0 Å². The summed E-state index contributed by atoms with van der Waals surface area (Å²) in [5.41, 5.74) is 6.24. The third kappa shape index (κ3) is 6.52. The third-order valence-electron chi connectivity index (χ3n) is 6.16. The van der Waals surface area contributed by atoms with Crippen LogP contribution in [0.2, 0.25) is 0 Å². The molecule has 0 aliphatic carbocycles. The van der Waals surface area contributed by atoms with Gasteiger partial charge in [0, 0.05) is 25.2 Å². The normalized spacial score (nSPS) is 11.6. The lowest BCUT2D eigenvalue weighted by molar-refractivity contribution is 0.235. The monoisotopic (exact) mass is 435 g/mol. The minimum absolute atomic E-state index is 0.214. The highest BCUT2D eigenvalue weighted by atomic mass is 19.1. The molecular formula is C28H38FN3. The lowest BCUT2D eigenvalue weighted by atomic mass is 10.1. The second-order valence-electron chi connectivity index (χ2n) is 9.40. The van der Waals surface area contributed by atoms with Crippen LogP contribution in [-0.4, -0.2) is 21.0 Å². The Hall–Kier alpha value is -2.46. The van der Waals surface area contributed by atoms with Crippen molar-refractivity contribution in [3.63, 3.8) is 0 Å². The molecule has 0 spiro atoms. The fourth-order valence-corrected chi connectivity index (χ4v) is 3.98. The van der Waals surface area contributed by atoms with E-state index in [2.05, 4.69) is 62.3 Å². The Morgan fingerprint density at radius 1 is 1.00 bits per heavy atom. The summed E-state index contributed by atoms with van der Waals surface area (Å²) < 4.78 is 15.8. The van der Waals surface area contributed by atoms with Crippen molar-refractivity contribution in [1.29, 1.82) is 0 Å². The first kappa shape index (κ1) is 24.2. The molecule has 1 heterocycles. The second-order valence-corrected chi connectivity index (χ2v) is 9.40. The summed E-state index contributed by atoms with van der Waals surface area (Å²) in [4.78, 5) is 7.30. The van der Waals surface area contributed by atoms with E-state index in [0.29, 0.717) is 5.92 Å². The molecule has 3 aromatic rings. The van der Waals surface area contributed by atoms with Crippen LogP contribution in [0.1, 0.15) is 62.4 Å². The molecule has 0 unspecified atom stereocenters. The Kier molecular flexibility index (Phi) is 8.63. The largest absolute Gasteiger partial charge is 0.327 e. The number of aromatic nitrogens is 2. The van der Waals surface area contributed by atoms with E-state index < -0.39 is 0 Å². The Morgan fingerprint density at radius 2 is 1.75 bits per heavy atom. The topological polar surface area (TPSA) is 21.1 Å². The smallest absolute Gasteiger partial charge is 0.140 e. The molecule has 0 fully saturated rings. The zero-order valence-electron chi connectivity index (χ0n) is 20.4.